The average Bonchev–Trinajstić information content (AvgIpc) is 2.91. The quantitative estimate of drug-likeness (QED) is 0.839. The lowest BCUT2D eigenvalue weighted by atomic mass is 10.2. The van der Waals surface area contributed by atoms with E-state index in [2.05, 4.69) is 15.3 Å². The number of aryl methyl sites for hydroxylation is 2. The maximum Gasteiger partial charge on any atom is 0.345 e. The Hall–Kier alpha value is -1.83. The predicted octanol–water partition coefficient (Wildman–Crippen LogP) is 0.507. The fraction of sp³-hybridized carbons (Fsp3) is 0.824. The first-order valence-electron chi connectivity index (χ1n) is 9.49. The topological polar surface area (TPSA) is 75.4 Å². The van der Waals surface area contributed by atoms with Gasteiger partial charge in [0, 0.05) is 58.3 Å². The molecule has 1 saturated heterocycles. The fourth-order valence-electron chi connectivity index (χ4n) is 3.55. The van der Waals surface area contributed by atoms with Crippen LogP contribution in [0.4, 0.5) is 4.79 Å². The van der Waals surface area contributed by atoms with Crippen molar-refractivity contribution >= 4 is 6.03 Å². The molecule has 1 fully saturated rings. The summed E-state index contributed by atoms with van der Waals surface area (Å²) in [7, 11) is 0. The van der Waals surface area contributed by atoms with Crippen molar-refractivity contribution in [1.29, 1.82) is 0 Å². The van der Waals surface area contributed by atoms with Crippen LogP contribution in [0.3, 0.4) is 0 Å². The Bertz CT molecular complexity index is 642. The molecule has 0 aromatic carbocycles. The first kappa shape index (κ1) is 18.0. The second kappa shape index (κ2) is 8.03. The Labute approximate surface area is 148 Å². The van der Waals surface area contributed by atoms with Gasteiger partial charge in [-0.3, -0.25) is 9.47 Å². The highest BCUT2D eigenvalue weighted by Gasteiger charge is 2.21. The van der Waals surface area contributed by atoms with E-state index in [1.54, 1.807) is 4.68 Å². The lowest BCUT2D eigenvalue weighted by Crippen LogP contribution is -2.52. The molecule has 1 aromatic rings. The molecule has 8 nitrogen and oxygen atoms in total. The van der Waals surface area contributed by atoms with Gasteiger partial charge >= 0.3 is 11.7 Å². The molecule has 0 atom stereocenters. The van der Waals surface area contributed by atoms with Crippen molar-refractivity contribution < 1.29 is 4.79 Å². The van der Waals surface area contributed by atoms with Crippen molar-refractivity contribution in [3.05, 3.63) is 16.3 Å². The zero-order valence-electron chi connectivity index (χ0n) is 15.4. The van der Waals surface area contributed by atoms with Gasteiger partial charge in [-0.05, 0) is 33.1 Å². The lowest BCUT2D eigenvalue weighted by Gasteiger charge is -2.35. The van der Waals surface area contributed by atoms with E-state index in [0.29, 0.717) is 6.54 Å². The minimum Gasteiger partial charge on any atom is -0.336 e. The van der Waals surface area contributed by atoms with E-state index in [0.717, 1.165) is 70.8 Å². The number of hydrogen-bond donors (Lipinski definition) is 1. The van der Waals surface area contributed by atoms with E-state index in [1.165, 1.54) is 0 Å². The van der Waals surface area contributed by atoms with E-state index in [1.807, 2.05) is 23.3 Å². The first-order chi connectivity index (χ1) is 12.0. The van der Waals surface area contributed by atoms with Crippen molar-refractivity contribution in [2.45, 2.75) is 58.7 Å². The van der Waals surface area contributed by atoms with Gasteiger partial charge < -0.3 is 10.2 Å². The van der Waals surface area contributed by atoms with E-state index in [-0.39, 0.29) is 17.8 Å². The van der Waals surface area contributed by atoms with E-state index in [4.69, 9.17) is 0 Å². The summed E-state index contributed by atoms with van der Waals surface area (Å²) in [4.78, 5) is 28.5. The van der Waals surface area contributed by atoms with Crippen molar-refractivity contribution in [3.63, 3.8) is 0 Å². The molecule has 1 N–H and O–H groups in total. The largest absolute Gasteiger partial charge is 0.345 e. The van der Waals surface area contributed by atoms with Crippen LogP contribution in [0.5, 0.6) is 0 Å². The highest BCUT2D eigenvalue weighted by molar-refractivity contribution is 5.74. The average molecular weight is 350 g/mol. The molecule has 1 aromatic heterocycles. The van der Waals surface area contributed by atoms with E-state index in [9.17, 15) is 9.59 Å². The van der Waals surface area contributed by atoms with Crippen molar-refractivity contribution in [1.82, 2.24) is 29.5 Å². The van der Waals surface area contributed by atoms with Gasteiger partial charge in [-0.1, -0.05) is 0 Å². The van der Waals surface area contributed by atoms with Crippen LogP contribution in [-0.4, -0.2) is 68.9 Å². The highest BCUT2D eigenvalue weighted by atomic mass is 16.2. The number of nitrogens with zero attached hydrogens (tertiary/aromatic N) is 5. The maximum absolute atomic E-state index is 12.3. The van der Waals surface area contributed by atoms with Crippen LogP contribution in [0.15, 0.2) is 4.79 Å². The van der Waals surface area contributed by atoms with Gasteiger partial charge in [0.1, 0.15) is 5.82 Å². The van der Waals surface area contributed by atoms with E-state index >= 15 is 0 Å². The van der Waals surface area contributed by atoms with E-state index < -0.39 is 0 Å². The van der Waals surface area contributed by atoms with Gasteiger partial charge in [0.15, 0.2) is 0 Å². The molecule has 2 amide bonds. The summed E-state index contributed by atoms with van der Waals surface area (Å²) in [5.41, 5.74) is 0.0462. The summed E-state index contributed by atoms with van der Waals surface area (Å²) in [5, 5.41) is 7.42. The Morgan fingerprint density at radius 1 is 1.12 bits per heavy atom. The lowest BCUT2D eigenvalue weighted by molar-refractivity contribution is 0.136. The van der Waals surface area contributed by atoms with Crippen molar-refractivity contribution in [2.24, 2.45) is 0 Å². The van der Waals surface area contributed by atoms with Gasteiger partial charge in [0.05, 0.1) is 0 Å². The summed E-state index contributed by atoms with van der Waals surface area (Å²) in [6.07, 6.45) is 4.04. The van der Waals surface area contributed by atoms with Gasteiger partial charge in [-0.15, -0.1) is 0 Å². The molecule has 8 heteroatoms. The highest BCUT2D eigenvalue weighted by Crippen LogP contribution is 2.09. The molecule has 140 valence electrons. The van der Waals surface area contributed by atoms with Crippen molar-refractivity contribution in [2.75, 3.05) is 32.7 Å². The third kappa shape index (κ3) is 4.42. The zero-order chi connectivity index (χ0) is 17.8. The number of aromatic nitrogens is 3. The van der Waals surface area contributed by atoms with Gasteiger partial charge in [0.2, 0.25) is 0 Å². The Morgan fingerprint density at radius 2 is 1.88 bits per heavy atom. The molecular weight excluding hydrogens is 320 g/mol. The molecule has 2 aliphatic rings. The minimum absolute atomic E-state index is 0.0322. The summed E-state index contributed by atoms with van der Waals surface area (Å²) >= 11 is 0. The molecule has 0 bridgehead atoms. The van der Waals surface area contributed by atoms with Crippen LogP contribution >= 0.6 is 0 Å². The molecule has 3 rings (SSSR count). The first-order valence-corrected chi connectivity index (χ1v) is 9.49. The molecule has 0 radical (unpaired) electrons. The third-order valence-corrected chi connectivity index (χ3v) is 4.95. The molecule has 25 heavy (non-hydrogen) atoms. The second-order valence-corrected chi connectivity index (χ2v) is 7.32. The molecule has 0 aliphatic carbocycles. The number of amides is 2. The number of carbonyl (C=O) groups excluding carboxylic acids is 1. The van der Waals surface area contributed by atoms with Crippen LogP contribution in [0.2, 0.25) is 0 Å². The predicted molar refractivity (Wildman–Crippen MR) is 95.7 cm³/mol. The molecule has 0 saturated carbocycles. The van der Waals surface area contributed by atoms with Crippen LogP contribution < -0.4 is 11.0 Å². The number of urea groups is 1. The molecule has 2 aliphatic heterocycles. The number of nitrogens with one attached hydrogen (secondary N) is 1. The monoisotopic (exact) mass is 350 g/mol. The van der Waals surface area contributed by atoms with Gasteiger partial charge in [0.25, 0.3) is 0 Å². The van der Waals surface area contributed by atoms with Gasteiger partial charge in [-0.2, -0.15) is 5.10 Å². The maximum atomic E-state index is 12.3. The normalized spacial score (nSPS) is 18.4. The number of fused-ring (bicyclic) bond motifs is 1. The number of rotatable bonds is 5. The van der Waals surface area contributed by atoms with Crippen LogP contribution in [0, 0.1) is 0 Å². The SMILES string of the molecule is CC(C)NC(=O)N1CCN(CCCn2nc3n(c2=O)CCCC3)CC1. The zero-order valence-corrected chi connectivity index (χ0v) is 15.4. The van der Waals surface area contributed by atoms with Gasteiger partial charge in [-0.25, -0.2) is 14.3 Å². The Morgan fingerprint density at radius 3 is 2.56 bits per heavy atom. The summed E-state index contributed by atoms with van der Waals surface area (Å²) in [5.74, 6) is 0.945. The molecule has 0 spiro atoms. The number of carbonyl (C=O) groups is 1. The molecule has 0 unspecified atom stereocenters. The Kier molecular flexibility index (Phi) is 5.78. The van der Waals surface area contributed by atoms with Crippen LogP contribution in [0.1, 0.15) is 38.9 Å². The third-order valence-electron chi connectivity index (χ3n) is 4.95. The van der Waals surface area contributed by atoms with Crippen LogP contribution in [-0.2, 0) is 19.5 Å². The second-order valence-electron chi connectivity index (χ2n) is 7.32. The molecular formula is C17H30N6O2. The fourth-order valence-corrected chi connectivity index (χ4v) is 3.55. The number of hydrogen-bond acceptors (Lipinski definition) is 4. The smallest absolute Gasteiger partial charge is 0.336 e. The number of piperazine rings is 1. The van der Waals surface area contributed by atoms with Crippen LogP contribution in [0.25, 0.3) is 0 Å². The summed E-state index contributed by atoms with van der Waals surface area (Å²) < 4.78 is 3.46. The van der Waals surface area contributed by atoms with Crippen molar-refractivity contribution in [3.8, 4) is 0 Å². The summed E-state index contributed by atoms with van der Waals surface area (Å²) in [6.45, 7) is 9.68. The minimum atomic E-state index is 0.0322. The standard InChI is InChI=1S/C17H30N6O2/c1-14(2)18-16(24)21-12-10-20(11-13-21)7-5-9-23-17(25)22-8-4-3-6-15(22)19-23/h14H,3-13H2,1-2H3,(H,18,24). The Balaban J connectivity index is 1.41. The molecule has 3 heterocycles. The summed E-state index contributed by atoms with van der Waals surface area (Å²) in [6, 6.07) is 0.203.